The van der Waals surface area contributed by atoms with Crippen molar-refractivity contribution in [3.8, 4) is 0 Å². The third-order valence-electron chi connectivity index (χ3n) is 2.93. The fourth-order valence-corrected chi connectivity index (χ4v) is 3.36. The van der Waals surface area contributed by atoms with Gasteiger partial charge in [-0.3, -0.25) is 0 Å². The standard InChI is InChI=1S/C14H11BrO2S/c1-8-5-6-18-14(8)12(16)11-7-9-3-2-4-10(15)13(9)17-11/h2-7,12,16H,1H3. The molecule has 1 N–H and O–H groups in total. The third kappa shape index (κ3) is 1.90. The highest BCUT2D eigenvalue weighted by atomic mass is 79.9. The fraction of sp³-hybridized carbons (Fsp3) is 0.143. The van der Waals surface area contributed by atoms with Crippen LogP contribution in [0.25, 0.3) is 11.0 Å². The first-order valence-corrected chi connectivity index (χ1v) is 7.24. The lowest BCUT2D eigenvalue weighted by Crippen LogP contribution is -1.96. The second kappa shape index (κ2) is 4.53. The van der Waals surface area contributed by atoms with Crippen LogP contribution >= 0.6 is 27.3 Å². The first-order valence-electron chi connectivity index (χ1n) is 5.57. The van der Waals surface area contributed by atoms with Gasteiger partial charge in [0.25, 0.3) is 0 Å². The summed E-state index contributed by atoms with van der Waals surface area (Å²) < 4.78 is 6.65. The van der Waals surface area contributed by atoms with Gasteiger partial charge in [0.15, 0.2) is 0 Å². The lowest BCUT2D eigenvalue weighted by Gasteiger charge is -2.06. The molecule has 2 heterocycles. The van der Waals surface area contributed by atoms with Gasteiger partial charge in [0.05, 0.1) is 4.47 Å². The average molecular weight is 323 g/mol. The third-order valence-corrected chi connectivity index (χ3v) is 4.63. The molecule has 2 aromatic heterocycles. The number of aryl methyl sites for hydroxylation is 1. The Morgan fingerprint density at radius 1 is 1.33 bits per heavy atom. The summed E-state index contributed by atoms with van der Waals surface area (Å²) in [5, 5.41) is 13.3. The van der Waals surface area contributed by atoms with Crippen molar-refractivity contribution in [2.75, 3.05) is 0 Å². The molecule has 0 aliphatic heterocycles. The van der Waals surface area contributed by atoms with Crippen molar-refractivity contribution in [2.24, 2.45) is 0 Å². The van der Waals surface area contributed by atoms with E-state index < -0.39 is 6.10 Å². The lowest BCUT2D eigenvalue weighted by molar-refractivity contribution is 0.195. The first-order chi connectivity index (χ1) is 8.66. The van der Waals surface area contributed by atoms with E-state index in [1.807, 2.05) is 42.6 Å². The molecule has 0 aliphatic rings. The monoisotopic (exact) mass is 322 g/mol. The molecule has 0 fully saturated rings. The maximum absolute atomic E-state index is 10.4. The number of benzene rings is 1. The summed E-state index contributed by atoms with van der Waals surface area (Å²) in [5.41, 5.74) is 1.87. The zero-order valence-electron chi connectivity index (χ0n) is 9.68. The van der Waals surface area contributed by atoms with Gasteiger partial charge in [-0.25, -0.2) is 0 Å². The molecule has 1 atom stereocenters. The van der Waals surface area contributed by atoms with Gasteiger partial charge in [-0.2, -0.15) is 0 Å². The van der Waals surface area contributed by atoms with Crippen molar-refractivity contribution in [3.05, 3.63) is 56.4 Å². The van der Waals surface area contributed by atoms with Gasteiger partial charge in [0.2, 0.25) is 0 Å². The molecule has 18 heavy (non-hydrogen) atoms. The number of aliphatic hydroxyl groups excluding tert-OH is 1. The molecule has 1 unspecified atom stereocenters. The highest BCUT2D eigenvalue weighted by molar-refractivity contribution is 9.10. The Labute approximate surface area is 117 Å². The van der Waals surface area contributed by atoms with Crippen molar-refractivity contribution in [1.82, 2.24) is 0 Å². The molecule has 3 aromatic rings. The van der Waals surface area contributed by atoms with E-state index in [1.165, 1.54) is 0 Å². The van der Waals surface area contributed by atoms with Crippen molar-refractivity contribution in [1.29, 1.82) is 0 Å². The van der Waals surface area contributed by atoms with E-state index >= 15 is 0 Å². The number of halogens is 1. The van der Waals surface area contributed by atoms with E-state index in [-0.39, 0.29) is 0 Å². The Hall–Kier alpha value is -1.10. The Kier molecular flexibility index (Phi) is 3.01. The fourth-order valence-electron chi connectivity index (χ4n) is 1.98. The Morgan fingerprint density at radius 2 is 2.17 bits per heavy atom. The summed E-state index contributed by atoms with van der Waals surface area (Å²) in [5.74, 6) is 0.586. The van der Waals surface area contributed by atoms with Gasteiger partial charge in [-0.1, -0.05) is 12.1 Å². The zero-order chi connectivity index (χ0) is 12.7. The van der Waals surface area contributed by atoms with Crippen molar-refractivity contribution in [2.45, 2.75) is 13.0 Å². The Bertz CT molecular complexity index is 699. The van der Waals surface area contributed by atoms with E-state index in [0.29, 0.717) is 5.76 Å². The highest BCUT2D eigenvalue weighted by Crippen LogP contribution is 2.34. The molecule has 0 saturated carbocycles. The molecule has 0 saturated heterocycles. The predicted octanol–water partition coefficient (Wildman–Crippen LogP) is 4.65. The molecule has 4 heteroatoms. The van der Waals surface area contributed by atoms with Crippen LogP contribution in [0.5, 0.6) is 0 Å². The van der Waals surface area contributed by atoms with Gasteiger partial charge in [0.1, 0.15) is 17.4 Å². The Balaban J connectivity index is 2.10. The van der Waals surface area contributed by atoms with E-state index in [4.69, 9.17) is 4.42 Å². The summed E-state index contributed by atoms with van der Waals surface area (Å²) >= 11 is 4.99. The van der Waals surface area contributed by atoms with Crippen molar-refractivity contribution >= 4 is 38.2 Å². The molecule has 1 aromatic carbocycles. The number of hydrogen-bond donors (Lipinski definition) is 1. The number of hydrogen-bond acceptors (Lipinski definition) is 3. The van der Waals surface area contributed by atoms with E-state index in [2.05, 4.69) is 15.9 Å². The van der Waals surface area contributed by atoms with Crippen molar-refractivity contribution < 1.29 is 9.52 Å². The number of aliphatic hydroxyl groups is 1. The smallest absolute Gasteiger partial charge is 0.148 e. The van der Waals surface area contributed by atoms with Crippen LogP contribution < -0.4 is 0 Å². The molecular weight excluding hydrogens is 312 g/mol. The predicted molar refractivity (Wildman–Crippen MR) is 77.0 cm³/mol. The van der Waals surface area contributed by atoms with Gasteiger partial charge in [0, 0.05) is 10.3 Å². The second-order valence-electron chi connectivity index (χ2n) is 4.18. The molecular formula is C14H11BrO2S. The van der Waals surface area contributed by atoms with E-state index in [1.54, 1.807) is 11.3 Å². The number of rotatable bonds is 2. The van der Waals surface area contributed by atoms with Gasteiger partial charge in [-0.05, 0) is 52.0 Å². The van der Waals surface area contributed by atoms with Crippen LogP contribution in [0, 0.1) is 6.92 Å². The molecule has 92 valence electrons. The average Bonchev–Trinajstić information content (AvgIpc) is 2.95. The Morgan fingerprint density at radius 3 is 2.83 bits per heavy atom. The van der Waals surface area contributed by atoms with Crippen LogP contribution in [0.4, 0.5) is 0 Å². The summed E-state index contributed by atoms with van der Waals surface area (Å²) in [4.78, 5) is 0.935. The minimum Gasteiger partial charge on any atom is -0.457 e. The van der Waals surface area contributed by atoms with Crippen molar-refractivity contribution in [3.63, 3.8) is 0 Å². The quantitative estimate of drug-likeness (QED) is 0.745. The van der Waals surface area contributed by atoms with Crippen LogP contribution in [0.3, 0.4) is 0 Å². The maximum Gasteiger partial charge on any atom is 0.148 e. The minimum absolute atomic E-state index is 0.586. The second-order valence-corrected chi connectivity index (χ2v) is 5.98. The van der Waals surface area contributed by atoms with Crippen LogP contribution in [0.1, 0.15) is 22.3 Å². The van der Waals surface area contributed by atoms with Crippen LogP contribution in [-0.2, 0) is 0 Å². The van der Waals surface area contributed by atoms with Gasteiger partial charge >= 0.3 is 0 Å². The largest absolute Gasteiger partial charge is 0.457 e. The first kappa shape index (κ1) is 12.0. The molecule has 0 bridgehead atoms. The maximum atomic E-state index is 10.4. The zero-order valence-corrected chi connectivity index (χ0v) is 12.1. The lowest BCUT2D eigenvalue weighted by atomic mass is 10.1. The summed E-state index contributed by atoms with van der Waals surface area (Å²) in [7, 11) is 0. The normalized spacial score (nSPS) is 13.1. The molecule has 0 amide bonds. The summed E-state index contributed by atoms with van der Waals surface area (Å²) in [6.45, 7) is 1.99. The number of para-hydroxylation sites is 1. The summed E-state index contributed by atoms with van der Waals surface area (Å²) in [6, 6.07) is 9.75. The SMILES string of the molecule is Cc1ccsc1C(O)c1cc2cccc(Br)c2o1. The van der Waals surface area contributed by atoms with E-state index in [0.717, 1.165) is 25.9 Å². The topological polar surface area (TPSA) is 33.4 Å². The number of fused-ring (bicyclic) bond motifs is 1. The minimum atomic E-state index is -0.690. The van der Waals surface area contributed by atoms with Crippen LogP contribution in [-0.4, -0.2) is 5.11 Å². The molecule has 2 nitrogen and oxygen atoms in total. The number of thiophene rings is 1. The van der Waals surface area contributed by atoms with Crippen LogP contribution in [0.15, 0.2) is 44.6 Å². The molecule has 0 aliphatic carbocycles. The summed E-state index contributed by atoms with van der Waals surface area (Å²) in [6.07, 6.45) is -0.690. The molecule has 3 rings (SSSR count). The van der Waals surface area contributed by atoms with Gasteiger partial charge in [-0.15, -0.1) is 11.3 Å². The molecule has 0 radical (unpaired) electrons. The van der Waals surface area contributed by atoms with Gasteiger partial charge < -0.3 is 9.52 Å². The highest BCUT2D eigenvalue weighted by Gasteiger charge is 2.19. The number of furan rings is 1. The van der Waals surface area contributed by atoms with Crippen LogP contribution in [0.2, 0.25) is 0 Å². The van der Waals surface area contributed by atoms with E-state index in [9.17, 15) is 5.11 Å². The molecule has 0 spiro atoms.